The third-order valence-corrected chi connectivity index (χ3v) is 10.2. The van der Waals surface area contributed by atoms with Gasteiger partial charge in [-0.15, -0.1) is 0 Å². The number of benzene rings is 9. The van der Waals surface area contributed by atoms with Crippen molar-refractivity contribution in [2.24, 2.45) is 0 Å². The molecule has 0 saturated carbocycles. The average molecular weight is 611 g/mol. The Hall–Kier alpha value is -6.38. The Morgan fingerprint density at radius 1 is 0.271 bits per heavy atom. The van der Waals surface area contributed by atoms with Crippen LogP contribution in [0.3, 0.4) is 0 Å². The number of hydrogen-bond acceptors (Lipinski definition) is 2. The molecule has 0 aliphatic heterocycles. The van der Waals surface area contributed by atoms with Crippen LogP contribution >= 0.6 is 0 Å². The van der Waals surface area contributed by atoms with Crippen molar-refractivity contribution < 1.29 is 8.83 Å². The molecule has 0 radical (unpaired) electrons. The highest BCUT2D eigenvalue weighted by Gasteiger charge is 2.20. The van der Waals surface area contributed by atoms with Crippen molar-refractivity contribution in [3.63, 3.8) is 0 Å². The summed E-state index contributed by atoms with van der Waals surface area (Å²) in [5.41, 5.74) is 8.18. The standard InChI is InChI=1S/C46H26O2/c1-2-11-29-25-30(18-17-27(29)9-1)42-34-13-5-7-15-36(34)43(37-16-8-6-14-35(37)42)31-20-21-33-38-23-24-40-39-22-19-28-10-3-4-12-32(28)44(39)48-46(40)45(38)47-41(33)26-31/h1-26H. The minimum Gasteiger partial charge on any atom is -0.452 e. The molecular weight excluding hydrogens is 585 g/mol. The fourth-order valence-corrected chi connectivity index (χ4v) is 8.05. The Labute approximate surface area is 275 Å². The van der Waals surface area contributed by atoms with Gasteiger partial charge in [-0.1, -0.05) is 121 Å². The second-order valence-corrected chi connectivity index (χ2v) is 12.8. The summed E-state index contributed by atoms with van der Waals surface area (Å²) in [7, 11) is 0. The SMILES string of the molecule is c1ccc2cc(-c3c4ccccc4c(-c4ccc5c(c4)oc4c5ccc5c6ccc7ccccc7c6oc54)c4ccccc34)ccc2c1. The molecule has 222 valence electrons. The van der Waals surface area contributed by atoms with Crippen LogP contribution in [0.5, 0.6) is 0 Å². The molecule has 48 heavy (non-hydrogen) atoms. The molecule has 0 fully saturated rings. The van der Waals surface area contributed by atoms with E-state index in [2.05, 4.69) is 158 Å². The summed E-state index contributed by atoms with van der Waals surface area (Å²) in [5, 5.41) is 14.0. The normalized spacial score (nSPS) is 12.2. The molecule has 11 rings (SSSR count). The third kappa shape index (κ3) is 3.52. The first-order chi connectivity index (χ1) is 23.8. The Bertz CT molecular complexity index is 3060. The van der Waals surface area contributed by atoms with Crippen LogP contribution in [0.2, 0.25) is 0 Å². The number of rotatable bonds is 2. The minimum absolute atomic E-state index is 0.793. The van der Waals surface area contributed by atoms with Gasteiger partial charge in [0.05, 0.1) is 0 Å². The minimum atomic E-state index is 0.793. The molecule has 0 aliphatic rings. The van der Waals surface area contributed by atoms with Gasteiger partial charge in [-0.25, -0.2) is 0 Å². The summed E-state index contributed by atoms with van der Waals surface area (Å²) in [4.78, 5) is 0. The van der Waals surface area contributed by atoms with Gasteiger partial charge >= 0.3 is 0 Å². The Morgan fingerprint density at radius 3 is 1.44 bits per heavy atom. The van der Waals surface area contributed by atoms with Crippen LogP contribution < -0.4 is 0 Å². The van der Waals surface area contributed by atoms with E-state index in [1.807, 2.05) is 0 Å². The zero-order chi connectivity index (χ0) is 31.3. The van der Waals surface area contributed by atoms with E-state index < -0.39 is 0 Å². The van der Waals surface area contributed by atoms with Gasteiger partial charge < -0.3 is 8.83 Å². The van der Waals surface area contributed by atoms with Crippen LogP contribution in [0.25, 0.3) is 109 Å². The van der Waals surface area contributed by atoms with Crippen molar-refractivity contribution >= 4 is 87.0 Å². The molecule has 2 aromatic heterocycles. The molecule has 0 atom stereocenters. The highest BCUT2D eigenvalue weighted by Crippen LogP contribution is 2.46. The zero-order valence-electron chi connectivity index (χ0n) is 25.8. The largest absolute Gasteiger partial charge is 0.452 e. The van der Waals surface area contributed by atoms with Crippen LogP contribution in [0.15, 0.2) is 167 Å². The van der Waals surface area contributed by atoms with Crippen LogP contribution in [0, 0.1) is 0 Å². The molecule has 11 aromatic rings. The summed E-state index contributed by atoms with van der Waals surface area (Å²) < 4.78 is 13.4. The Kier molecular flexibility index (Phi) is 5.14. The molecule has 0 bridgehead atoms. The lowest BCUT2D eigenvalue weighted by atomic mass is 9.85. The summed E-state index contributed by atoms with van der Waals surface area (Å²) >= 11 is 0. The van der Waals surface area contributed by atoms with Gasteiger partial charge in [0.1, 0.15) is 11.2 Å². The molecule has 0 unspecified atom stereocenters. The molecule has 0 N–H and O–H groups in total. The van der Waals surface area contributed by atoms with Crippen molar-refractivity contribution in [1.82, 2.24) is 0 Å². The summed E-state index contributed by atoms with van der Waals surface area (Å²) in [6.07, 6.45) is 0. The maximum absolute atomic E-state index is 6.73. The van der Waals surface area contributed by atoms with Gasteiger partial charge in [-0.3, -0.25) is 0 Å². The van der Waals surface area contributed by atoms with E-state index in [1.165, 1.54) is 54.4 Å². The number of hydrogen-bond donors (Lipinski definition) is 0. The second-order valence-electron chi connectivity index (χ2n) is 12.8. The van der Waals surface area contributed by atoms with Gasteiger partial charge in [0.15, 0.2) is 11.2 Å². The second kappa shape index (κ2) is 9.57. The molecule has 2 heteroatoms. The first-order valence-corrected chi connectivity index (χ1v) is 16.4. The molecular formula is C46H26O2. The monoisotopic (exact) mass is 610 g/mol. The number of fused-ring (bicyclic) bond motifs is 12. The zero-order valence-corrected chi connectivity index (χ0v) is 25.8. The van der Waals surface area contributed by atoms with Crippen LogP contribution in [-0.4, -0.2) is 0 Å². The van der Waals surface area contributed by atoms with Gasteiger partial charge in [-0.05, 0) is 96.4 Å². The summed E-state index contributed by atoms with van der Waals surface area (Å²) in [6, 6.07) is 56.8. The topological polar surface area (TPSA) is 26.3 Å². The lowest BCUT2D eigenvalue weighted by molar-refractivity contribution is 0.635. The molecule has 0 saturated heterocycles. The Balaban J connectivity index is 1.17. The molecule has 2 heterocycles. The van der Waals surface area contributed by atoms with Crippen molar-refractivity contribution in [2.45, 2.75) is 0 Å². The fourth-order valence-electron chi connectivity index (χ4n) is 8.05. The number of furan rings is 2. The molecule has 0 aliphatic carbocycles. The van der Waals surface area contributed by atoms with Crippen molar-refractivity contribution in [2.75, 3.05) is 0 Å². The van der Waals surface area contributed by atoms with Crippen LogP contribution in [-0.2, 0) is 0 Å². The summed E-state index contributed by atoms with van der Waals surface area (Å²) in [6.45, 7) is 0. The summed E-state index contributed by atoms with van der Waals surface area (Å²) in [5.74, 6) is 0. The van der Waals surface area contributed by atoms with E-state index in [9.17, 15) is 0 Å². The molecule has 9 aromatic carbocycles. The van der Waals surface area contributed by atoms with E-state index in [-0.39, 0.29) is 0 Å². The highest BCUT2D eigenvalue weighted by molar-refractivity contribution is 6.24. The first-order valence-electron chi connectivity index (χ1n) is 16.4. The lowest BCUT2D eigenvalue weighted by Crippen LogP contribution is -1.90. The average Bonchev–Trinajstić information content (AvgIpc) is 3.72. The van der Waals surface area contributed by atoms with Crippen molar-refractivity contribution in [3.8, 4) is 22.3 Å². The van der Waals surface area contributed by atoms with E-state index in [1.54, 1.807) is 0 Å². The highest BCUT2D eigenvalue weighted by atomic mass is 16.4. The maximum atomic E-state index is 6.73. The van der Waals surface area contributed by atoms with Gasteiger partial charge in [0.25, 0.3) is 0 Å². The van der Waals surface area contributed by atoms with E-state index in [0.717, 1.165) is 54.8 Å². The quantitative estimate of drug-likeness (QED) is 0.182. The van der Waals surface area contributed by atoms with E-state index >= 15 is 0 Å². The fraction of sp³-hybridized carbons (Fsp3) is 0. The predicted molar refractivity (Wildman–Crippen MR) is 202 cm³/mol. The van der Waals surface area contributed by atoms with Gasteiger partial charge in [-0.2, -0.15) is 0 Å². The van der Waals surface area contributed by atoms with Gasteiger partial charge in [0.2, 0.25) is 0 Å². The van der Waals surface area contributed by atoms with Gasteiger partial charge in [0, 0.05) is 26.9 Å². The predicted octanol–water partition coefficient (Wildman–Crippen LogP) is 13.4. The molecule has 0 spiro atoms. The molecule has 2 nitrogen and oxygen atoms in total. The third-order valence-electron chi connectivity index (χ3n) is 10.2. The molecule has 0 amide bonds. The van der Waals surface area contributed by atoms with Crippen molar-refractivity contribution in [3.05, 3.63) is 158 Å². The van der Waals surface area contributed by atoms with E-state index in [4.69, 9.17) is 8.83 Å². The first kappa shape index (κ1) is 25.8. The smallest absolute Gasteiger partial charge is 0.178 e. The Morgan fingerprint density at radius 2 is 0.729 bits per heavy atom. The van der Waals surface area contributed by atoms with Crippen LogP contribution in [0.4, 0.5) is 0 Å². The maximum Gasteiger partial charge on any atom is 0.178 e. The lowest BCUT2D eigenvalue weighted by Gasteiger charge is -2.18. The van der Waals surface area contributed by atoms with Crippen molar-refractivity contribution in [1.29, 1.82) is 0 Å². The van der Waals surface area contributed by atoms with Crippen LogP contribution in [0.1, 0.15) is 0 Å². The van der Waals surface area contributed by atoms with E-state index in [0.29, 0.717) is 0 Å².